The monoisotopic (exact) mass is 541 g/mol. The highest BCUT2D eigenvalue weighted by Gasteiger charge is 2.41. The van der Waals surface area contributed by atoms with E-state index in [1.807, 2.05) is 36.1 Å². The molecule has 9 heteroatoms. The predicted molar refractivity (Wildman–Crippen MR) is 145 cm³/mol. The molecule has 2 aliphatic heterocycles. The highest BCUT2D eigenvalue weighted by Crippen LogP contribution is 2.38. The summed E-state index contributed by atoms with van der Waals surface area (Å²) in [5.74, 6) is 1.18. The van der Waals surface area contributed by atoms with Crippen molar-refractivity contribution >= 4 is 5.69 Å². The second-order valence-electron chi connectivity index (χ2n) is 11.6. The van der Waals surface area contributed by atoms with Crippen LogP contribution in [0.3, 0.4) is 0 Å². The van der Waals surface area contributed by atoms with Gasteiger partial charge in [-0.2, -0.15) is 18.3 Å². The molecule has 1 N–H and O–H groups in total. The number of ether oxygens (including phenoxy) is 1. The molecule has 2 aliphatic rings. The molecular weight excluding hydrogens is 503 g/mol. The minimum Gasteiger partial charge on any atom is -0.379 e. The van der Waals surface area contributed by atoms with Crippen molar-refractivity contribution in [3.8, 4) is 0 Å². The van der Waals surface area contributed by atoms with Gasteiger partial charge >= 0.3 is 6.18 Å². The largest absolute Gasteiger partial charge is 0.418 e. The van der Waals surface area contributed by atoms with Crippen molar-refractivity contribution in [1.82, 2.24) is 19.7 Å². The molecule has 0 amide bonds. The molecule has 0 spiro atoms. The number of aryl methyl sites for hydroxylation is 2. The maximum Gasteiger partial charge on any atom is 0.418 e. The van der Waals surface area contributed by atoms with Gasteiger partial charge in [-0.3, -0.25) is 14.6 Å². The fraction of sp³-hybridized carbons (Fsp3) is 0.533. The Hall–Kier alpha value is -2.91. The summed E-state index contributed by atoms with van der Waals surface area (Å²) < 4.78 is 49.6. The van der Waals surface area contributed by atoms with E-state index in [1.54, 1.807) is 6.20 Å². The topological polar surface area (TPSA) is 55.2 Å². The Balaban J connectivity index is 1.30. The number of halogens is 3. The summed E-state index contributed by atoms with van der Waals surface area (Å²) in [5.41, 5.74) is 3.76. The van der Waals surface area contributed by atoms with Gasteiger partial charge in [0, 0.05) is 50.1 Å². The first-order valence-corrected chi connectivity index (χ1v) is 13.7. The summed E-state index contributed by atoms with van der Waals surface area (Å²) in [7, 11) is 1.91. The Morgan fingerprint density at radius 1 is 1.13 bits per heavy atom. The van der Waals surface area contributed by atoms with Gasteiger partial charge in [-0.25, -0.2) is 0 Å². The minimum absolute atomic E-state index is 0.00286. The van der Waals surface area contributed by atoms with Gasteiger partial charge in [0.2, 0.25) is 0 Å². The Kier molecular flexibility index (Phi) is 7.75. The summed E-state index contributed by atoms with van der Waals surface area (Å²) >= 11 is 0. The summed E-state index contributed by atoms with van der Waals surface area (Å²) in [6.45, 7) is 9.95. The van der Waals surface area contributed by atoms with Crippen LogP contribution in [0.4, 0.5) is 18.9 Å². The number of rotatable bonds is 8. The van der Waals surface area contributed by atoms with Crippen LogP contribution in [0, 0.1) is 18.8 Å². The quantitative estimate of drug-likeness (QED) is 0.394. The molecular formula is C30H38F3N5O. The van der Waals surface area contributed by atoms with E-state index in [0.717, 1.165) is 48.4 Å². The molecule has 0 bridgehead atoms. The van der Waals surface area contributed by atoms with Crippen LogP contribution in [0.15, 0.2) is 42.7 Å². The zero-order chi connectivity index (χ0) is 27.8. The van der Waals surface area contributed by atoms with Gasteiger partial charge < -0.3 is 10.1 Å². The predicted octanol–water partition coefficient (Wildman–Crippen LogP) is 5.74. The molecule has 1 aromatic carbocycles. The molecule has 5 rings (SSSR count). The molecule has 2 fully saturated rings. The van der Waals surface area contributed by atoms with E-state index < -0.39 is 11.7 Å². The normalized spacial score (nSPS) is 21.5. The van der Waals surface area contributed by atoms with Gasteiger partial charge in [-0.05, 0) is 66.6 Å². The average molecular weight is 542 g/mol. The molecule has 2 atom stereocenters. The fourth-order valence-corrected chi connectivity index (χ4v) is 5.77. The van der Waals surface area contributed by atoms with E-state index in [9.17, 15) is 13.2 Å². The first-order chi connectivity index (χ1) is 18.5. The fourth-order valence-electron chi connectivity index (χ4n) is 5.77. The Bertz CT molecular complexity index is 1300. The Labute approximate surface area is 228 Å². The summed E-state index contributed by atoms with van der Waals surface area (Å²) in [5, 5.41) is 7.80. The molecule has 0 aliphatic carbocycles. The minimum atomic E-state index is -4.47. The second kappa shape index (κ2) is 10.9. The lowest BCUT2D eigenvalue weighted by atomic mass is 9.74. The van der Waals surface area contributed by atoms with E-state index in [2.05, 4.69) is 47.1 Å². The van der Waals surface area contributed by atoms with Crippen molar-refractivity contribution in [2.45, 2.75) is 58.3 Å². The number of hydrogen-bond acceptors (Lipinski definition) is 5. The molecule has 6 nitrogen and oxygen atoms in total. The van der Waals surface area contributed by atoms with Crippen molar-refractivity contribution in [3.63, 3.8) is 0 Å². The number of piperidine rings is 1. The number of hydrogen-bond donors (Lipinski definition) is 1. The third-order valence-corrected chi connectivity index (χ3v) is 8.47. The number of pyridine rings is 1. The van der Waals surface area contributed by atoms with Crippen LogP contribution in [0.2, 0.25) is 0 Å². The molecule has 3 aromatic rings. The third kappa shape index (κ3) is 6.14. The summed E-state index contributed by atoms with van der Waals surface area (Å²) in [6, 6.07) is 9.16. The van der Waals surface area contributed by atoms with Crippen molar-refractivity contribution in [2.24, 2.45) is 18.9 Å². The van der Waals surface area contributed by atoms with Crippen LogP contribution in [0.5, 0.6) is 0 Å². The number of alkyl halides is 3. The first kappa shape index (κ1) is 27.6. The molecule has 1 unspecified atom stereocenters. The van der Waals surface area contributed by atoms with Crippen molar-refractivity contribution < 1.29 is 17.9 Å². The Morgan fingerprint density at radius 3 is 2.56 bits per heavy atom. The van der Waals surface area contributed by atoms with Crippen LogP contribution >= 0.6 is 0 Å². The summed E-state index contributed by atoms with van der Waals surface area (Å²) in [4.78, 5) is 6.52. The average Bonchev–Trinajstić information content (AvgIpc) is 3.18. The van der Waals surface area contributed by atoms with Crippen molar-refractivity contribution in [3.05, 3.63) is 76.4 Å². The first-order valence-electron chi connectivity index (χ1n) is 13.7. The highest BCUT2D eigenvalue weighted by molar-refractivity contribution is 5.49. The SMILES string of the molecule is Cc1cn(C)nc1CC1(c2cccc(NCc3ncc(CN4CCC(C)[C@H](C)C4)cc3C(F)(F)F)c2)COC1. The smallest absolute Gasteiger partial charge is 0.379 e. The van der Waals surface area contributed by atoms with E-state index in [0.29, 0.717) is 37.2 Å². The number of nitrogens with zero attached hydrogens (tertiary/aromatic N) is 4. The van der Waals surface area contributed by atoms with Gasteiger partial charge in [0.1, 0.15) is 0 Å². The lowest BCUT2D eigenvalue weighted by Crippen LogP contribution is -2.48. The van der Waals surface area contributed by atoms with Crippen LogP contribution < -0.4 is 5.32 Å². The molecule has 0 saturated carbocycles. The molecule has 2 saturated heterocycles. The lowest BCUT2D eigenvalue weighted by molar-refractivity contribution is -0.138. The van der Waals surface area contributed by atoms with E-state index in [4.69, 9.17) is 4.74 Å². The molecule has 39 heavy (non-hydrogen) atoms. The van der Waals surface area contributed by atoms with Crippen LogP contribution in [0.1, 0.15) is 53.9 Å². The highest BCUT2D eigenvalue weighted by atomic mass is 19.4. The number of benzene rings is 1. The number of aromatic nitrogens is 3. The number of likely N-dealkylation sites (tertiary alicyclic amines) is 1. The molecule has 2 aromatic heterocycles. The Morgan fingerprint density at radius 2 is 1.92 bits per heavy atom. The van der Waals surface area contributed by atoms with Crippen LogP contribution in [0.25, 0.3) is 0 Å². The van der Waals surface area contributed by atoms with E-state index in [-0.39, 0.29) is 17.7 Å². The van der Waals surface area contributed by atoms with Crippen molar-refractivity contribution in [1.29, 1.82) is 0 Å². The summed E-state index contributed by atoms with van der Waals surface area (Å²) in [6.07, 6.45) is 0.945. The van der Waals surface area contributed by atoms with Gasteiger partial charge in [0.15, 0.2) is 0 Å². The van der Waals surface area contributed by atoms with E-state index in [1.165, 1.54) is 6.07 Å². The van der Waals surface area contributed by atoms with Gasteiger partial charge in [-0.15, -0.1) is 0 Å². The lowest BCUT2D eigenvalue weighted by Gasteiger charge is -2.42. The maximum atomic E-state index is 14.1. The van der Waals surface area contributed by atoms with Crippen LogP contribution in [-0.2, 0) is 42.9 Å². The number of anilines is 1. The van der Waals surface area contributed by atoms with Crippen LogP contribution in [-0.4, -0.2) is 46.0 Å². The second-order valence-corrected chi connectivity index (χ2v) is 11.6. The maximum absolute atomic E-state index is 14.1. The van der Waals surface area contributed by atoms with Gasteiger partial charge in [0.25, 0.3) is 0 Å². The van der Waals surface area contributed by atoms with Crippen molar-refractivity contribution in [2.75, 3.05) is 31.6 Å². The molecule has 210 valence electrons. The zero-order valence-corrected chi connectivity index (χ0v) is 23.2. The third-order valence-electron chi connectivity index (χ3n) is 8.47. The van der Waals surface area contributed by atoms with Gasteiger partial charge in [0.05, 0.1) is 36.7 Å². The number of nitrogens with one attached hydrogen (secondary N) is 1. The standard InChI is InChI=1S/C30H38F3N5O/c1-20-8-9-38(16-21(20)2)17-23-10-26(30(31,32)33)28(35-13-23)14-34-25-7-5-6-24(11-25)29(18-39-19-29)12-27-22(3)15-37(4)36-27/h5-7,10-11,13,15,20-21,34H,8-9,12,14,16-19H2,1-4H3/t20?,21-/m1/s1. The van der Waals surface area contributed by atoms with E-state index >= 15 is 0 Å². The molecule has 0 radical (unpaired) electrons. The van der Waals surface area contributed by atoms with Gasteiger partial charge in [-0.1, -0.05) is 26.0 Å². The molecule has 4 heterocycles. The zero-order valence-electron chi connectivity index (χ0n) is 23.2.